The van der Waals surface area contributed by atoms with Crippen LogP contribution in [0.3, 0.4) is 0 Å². The second-order valence-corrected chi connectivity index (χ2v) is 4.30. The summed E-state index contributed by atoms with van der Waals surface area (Å²) < 4.78 is 0. The van der Waals surface area contributed by atoms with Gasteiger partial charge in [-0.3, -0.25) is 4.98 Å². The molecule has 0 spiro atoms. The van der Waals surface area contributed by atoms with Gasteiger partial charge in [-0.2, -0.15) is 0 Å². The number of aromatic nitrogens is 1. The molecule has 1 saturated carbocycles. The van der Waals surface area contributed by atoms with Crippen molar-refractivity contribution in [3.8, 4) is 0 Å². The van der Waals surface area contributed by atoms with Crippen molar-refractivity contribution in [3.05, 3.63) is 35.8 Å². The van der Waals surface area contributed by atoms with E-state index in [1.807, 2.05) is 25.3 Å². The van der Waals surface area contributed by atoms with E-state index in [0.717, 1.165) is 18.5 Å². The SMILES string of the molecule is Cc1ccc(NC(=O)NC=C2CCCC2)cn1. The maximum atomic E-state index is 11.6. The number of rotatable bonds is 2. The summed E-state index contributed by atoms with van der Waals surface area (Å²) in [7, 11) is 0. The predicted octanol–water partition coefficient (Wildman–Crippen LogP) is 2.97. The van der Waals surface area contributed by atoms with Gasteiger partial charge >= 0.3 is 6.03 Å². The first-order valence-corrected chi connectivity index (χ1v) is 5.92. The predicted molar refractivity (Wildman–Crippen MR) is 67.7 cm³/mol. The van der Waals surface area contributed by atoms with Crippen molar-refractivity contribution in [2.24, 2.45) is 0 Å². The Labute approximate surface area is 101 Å². The van der Waals surface area contributed by atoms with Gasteiger partial charge in [0.1, 0.15) is 0 Å². The lowest BCUT2D eigenvalue weighted by atomic mass is 10.2. The first-order valence-electron chi connectivity index (χ1n) is 5.92. The van der Waals surface area contributed by atoms with E-state index in [-0.39, 0.29) is 6.03 Å². The second-order valence-electron chi connectivity index (χ2n) is 4.30. The molecule has 0 unspecified atom stereocenters. The molecule has 0 aliphatic heterocycles. The molecule has 4 heteroatoms. The number of hydrogen-bond donors (Lipinski definition) is 2. The van der Waals surface area contributed by atoms with E-state index in [2.05, 4.69) is 15.6 Å². The maximum absolute atomic E-state index is 11.6. The molecule has 0 atom stereocenters. The third-order valence-corrected chi connectivity index (χ3v) is 2.82. The molecule has 0 aromatic carbocycles. The Morgan fingerprint density at radius 2 is 2.12 bits per heavy atom. The van der Waals surface area contributed by atoms with E-state index in [9.17, 15) is 4.79 Å². The largest absolute Gasteiger partial charge is 0.323 e. The van der Waals surface area contributed by atoms with Crippen LogP contribution in [0.25, 0.3) is 0 Å². The zero-order valence-electron chi connectivity index (χ0n) is 9.99. The summed E-state index contributed by atoms with van der Waals surface area (Å²) >= 11 is 0. The molecule has 4 nitrogen and oxygen atoms in total. The molecule has 0 radical (unpaired) electrons. The number of aryl methyl sites for hydroxylation is 1. The Morgan fingerprint density at radius 3 is 2.76 bits per heavy atom. The van der Waals surface area contributed by atoms with Gasteiger partial charge in [-0.15, -0.1) is 0 Å². The highest BCUT2D eigenvalue weighted by Crippen LogP contribution is 2.22. The van der Waals surface area contributed by atoms with Crippen LogP contribution in [0.15, 0.2) is 30.1 Å². The van der Waals surface area contributed by atoms with Crippen LogP contribution < -0.4 is 10.6 Å². The molecule has 1 aliphatic rings. The number of carbonyl (C=O) groups is 1. The lowest BCUT2D eigenvalue weighted by Crippen LogP contribution is -2.24. The molecule has 90 valence electrons. The molecular formula is C13H17N3O. The summed E-state index contributed by atoms with van der Waals surface area (Å²) in [6, 6.07) is 3.49. The summed E-state index contributed by atoms with van der Waals surface area (Å²) in [5.41, 5.74) is 2.96. The number of urea groups is 1. The molecule has 1 fully saturated rings. The number of anilines is 1. The van der Waals surface area contributed by atoms with Gasteiger partial charge in [0.15, 0.2) is 0 Å². The Kier molecular flexibility index (Phi) is 3.75. The normalized spacial score (nSPS) is 14.5. The number of nitrogens with zero attached hydrogens (tertiary/aromatic N) is 1. The summed E-state index contributed by atoms with van der Waals surface area (Å²) in [6.45, 7) is 1.91. The highest BCUT2D eigenvalue weighted by Gasteiger charge is 2.06. The summed E-state index contributed by atoms with van der Waals surface area (Å²) in [5, 5.41) is 5.48. The first-order chi connectivity index (χ1) is 8.24. The third-order valence-electron chi connectivity index (χ3n) is 2.82. The minimum absolute atomic E-state index is 0.213. The van der Waals surface area contributed by atoms with Crippen molar-refractivity contribution in [1.82, 2.24) is 10.3 Å². The monoisotopic (exact) mass is 231 g/mol. The van der Waals surface area contributed by atoms with Gasteiger partial charge in [0.2, 0.25) is 0 Å². The average molecular weight is 231 g/mol. The summed E-state index contributed by atoms with van der Waals surface area (Å²) in [6.07, 6.45) is 8.15. The number of amides is 2. The zero-order valence-corrected chi connectivity index (χ0v) is 9.99. The van der Waals surface area contributed by atoms with Crippen molar-refractivity contribution in [1.29, 1.82) is 0 Å². The van der Waals surface area contributed by atoms with Crippen molar-refractivity contribution < 1.29 is 4.79 Å². The van der Waals surface area contributed by atoms with Crippen LogP contribution in [-0.2, 0) is 0 Å². The number of hydrogen-bond acceptors (Lipinski definition) is 2. The Hall–Kier alpha value is -1.84. The van der Waals surface area contributed by atoms with Gasteiger partial charge in [0.05, 0.1) is 11.9 Å². The molecule has 2 amide bonds. The molecule has 17 heavy (non-hydrogen) atoms. The summed E-state index contributed by atoms with van der Waals surface area (Å²) in [5.74, 6) is 0. The molecule has 1 aromatic heterocycles. The zero-order chi connectivity index (χ0) is 12.1. The maximum Gasteiger partial charge on any atom is 0.323 e. The smallest absolute Gasteiger partial charge is 0.314 e. The lowest BCUT2D eigenvalue weighted by molar-refractivity contribution is 0.255. The van der Waals surface area contributed by atoms with Crippen LogP contribution in [0, 0.1) is 6.92 Å². The number of carbonyl (C=O) groups excluding carboxylic acids is 1. The number of nitrogens with one attached hydrogen (secondary N) is 2. The third kappa shape index (κ3) is 3.59. The van der Waals surface area contributed by atoms with Crippen LogP contribution in [0.5, 0.6) is 0 Å². The Balaban J connectivity index is 1.84. The topological polar surface area (TPSA) is 54.0 Å². The summed E-state index contributed by atoms with van der Waals surface area (Å²) in [4.78, 5) is 15.7. The van der Waals surface area contributed by atoms with Crippen LogP contribution in [0.1, 0.15) is 31.4 Å². The molecule has 1 aliphatic carbocycles. The molecule has 0 saturated heterocycles. The Bertz CT molecular complexity index is 415. The van der Waals surface area contributed by atoms with Gasteiger partial charge < -0.3 is 10.6 Å². The van der Waals surface area contributed by atoms with Gasteiger partial charge in [-0.1, -0.05) is 5.57 Å². The van der Waals surface area contributed by atoms with E-state index in [1.54, 1.807) is 6.20 Å². The van der Waals surface area contributed by atoms with Gasteiger partial charge in [-0.05, 0) is 44.7 Å². The fraction of sp³-hybridized carbons (Fsp3) is 0.385. The Morgan fingerprint density at radius 1 is 1.35 bits per heavy atom. The minimum atomic E-state index is -0.213. The molecule has 1 heterocycles. The highest BCUT2D eigenvalue weighted by atomic mass is 16.2. The van der Waals surface area contributed by atoms with Crippen molar-refractivity contribution in [3.63, 3.8) is 0 Å². The second kappa shape index (κ2) is 5.48. The molecule has 2 N–H and O–H groups in total. The molecule has 1 aromatic rings. The lowest BCUT2D eigenvalue weighted by Gasteiger charge is -2.05. The van der Waals surface area contributed by atoms with E-state index >= 15 is 0 Å². The standard InChI is InChI=1S/C13H17N3O/c1-10-6-7-12(9-14-10)16-13(17)15-8-11-4-2-3-5-11/h6-9H,2-5H2,1H3,(H2,15,16,17). The van der Waals surface area contributed by atoms with Gasteiger partial charge in [0, 0.05) is 11.9 Å². The van der Waals surface area contributed by atoms with Crippen molar-refractivity contribution in [2.45, 2.75) is 32.6 Å². The quantitative estimate of drug-likeness (QED) is 0.822. The average Bonchev–Trinajstić information content (AvgIpc) is 2.83. The van der Waals surface area contributed by atoms with Crippen molar-refractivity contribution >= 4 is 11.7 Å². The fourth-order valence-electron chi connectivity index (χ4n) is 1.85. The van der Waals surface area contributed by atoms with E-state index in [4.69, 9.17) is 0 Å². The van der Waals surface area contributed by atoms with E-state index in [0.29, 0.717) is 5.69 Å². The van der Waals surface area contributed by atoms with Crippen LogP contribution in [-0.4, -0.2) is 11.0 Å². The number of pyridine rings is 1. The first kappa shape index (κ1) is 11.6. The van der Waals surface area contributed by atoms with Gasteiger partial charge in [-0.25, -0.2) is 4.79 Å². The number of allylic oxidation sites excluding steroid dienone is 1. The highest BCUT2D eigenvalue weighted by molar-refractivity contribution is 5.89. The van der Waals surface area contributed by atoms with E-state index in [1.165, 1.54) is 18.4 Å². The fourth-order valence-corrected chi connectivity index (χ4v) is 1.85. The molecule has 2 rings (SSSR count). The molecular weight excluding hydrogens is 214 g/mol. The van der Waals surface area contributed by atoms with E-state index < -0.39 is 0 Å². The molecule has 0 bridgehead atoms. The van der Waals surface area contributed by atoms with Crippen LogP contribution in [0.2, 0.25) is 0 Å². The van der Waals surface area contributed by atoms with Crippen LogP contribution >= 0.6 is 0 Å². The minimum Gasteiger partial charge on any atom is -0.314 e. The van der Waals surface area contributed by atoms with Crippen molar-refractivity contribution in [2.75, 3.05) is 5.32 Å². The van der Waals surface area contributed by atoms with Crippen LogP contribution in [0.4, 0.5) is 10.5 Å². The van der Waals surface area contributed by atoms with Gasteiger partial charge in [0.25, 0.3) is 0 Å².